The zero-order valence-electron chi connectivity index (χ0n) is 21.5. The number of thiol groups is 1. The molecule has 38 heavy (non-hydrogen) atoms. The first-order valence-corrected chi connectivity index (χ1v) is 13.0. The number of amides is 3. The molecule has 0 heterocycles. The second kappa shape index (κ2) is 15.0. The molecule has 0 fully saturated rings. The van der Waals surface area contributed by atoms with E-state index in [9.17, 15) is 29.4 Å². The summed E-state index contributed by atoms with van der Waals surface area (Å²) >= 11 is 4.16. The van der Waals surface area contributed by atoms with E-state index in [2.05, 4.69) is 28.6 Å². The maximum Gasteiger partial charge on any atom is 0.326 e. The monoisotopic (exact) mass is 544 g/mol. The molecular formula is C27H36N4O6S. The number of aliphatic carboxylic acids is 1. The Morgan fingerprint density at radius 2 is 1.42 bits per heavy atom. The Balaban J connectivity index is 2.05. The van der Waals surface area contributed by atoms with Crippen LogP contribution in [0.2, 0.25) is 0 Å². The van der Waals surface area contributed by atoms with Gasteiger partial charge in [0.2, 0.25) is 17.7 Å². The van der Waals surface area contributed by atoms with Crippen molar-refractivity contribution in [2.24, 2.45) is 11.7 Å². The first-order chi connectivity index (χ1) is 18.0. The predicted molar refractivity (Wildman–Crippen MR) is 147 cm³/mol. The van der Waals surface area contributed by atoms with Crippen LogP contribution in [0.15, 0.2) is 54.6 Å². The van der Waals surface area contributed by atoms with Crippen LogP contribution >= 0.6 is 12.6 Å². The summed E-state index contributed by atoms with van der Waals surface area (Å²) in [6.07, 6.45) is 0.821. The molecule has 0 radical (unpaired) electrons. The highest BCUT2D eigenvalue weighted by Crippen LogP contribution is 2.13. The second-order valence-electron chi connectivity index (χ2n) is 9.18. The molecule has 11 heteroatoms. The van der Waals surface area contributed by atoms with E-state index in [4.69, 9.17) is 5.73 Å². The maximum absolute atomic E-state index is 13.2. The van der Waals surface area contributed by atoms with Gasteiger partial charge in [0, 0.05) is 12.2 Å². The van der Waals surface area contributed by atoms with Crippen molar-refractivity contribution in [2.75, 3.05) is 5.75 Å². The van der Waals surface area contributed by atoms with E-state index in [1.165, 1.54) is 12.1 Å². The van der Waals surface area contributed by atoms with Crippen molar-refractivity contribution >= 4 is 36.3 Å². The fourth-order valence-electron chi connectivity index (χ4n) is 3.72. The lowest BCUT2D eigenvalue weighted by atomic mass is 9.97. The third kappa shape index (κ3) is 9.38. The van der Waals surface area contributed by atoms with Gasteiger partial charge in [0.1, 0.15) is 23.9 Å². The third-order valence-corrected chi connectivity index (χ3v) is 6.60. The molecule has 0 aliphatic heterocycles. The highest BCUT2D eigenvalue weighted by molar-refractivity contribution is 7.80. The number of benzene rings is 2. The average molecular weight is 545 g/mol. The Kier molecular flexibility index (Phi) is 12.1. The van der Waals surface area contributed by atoms with Crippen LogP contribution in [0, 0.1) is 5.92 Å². The molecule has 0 aliphatic rings. The van der Waals surface area contributed by atoms with Crippen LogP contribution in [0.1, 0.15) is 31.4 Å². The number of carboxylic acid groups (broad SMARTS) is 1. The average Bonchev–Trinajstić information content (AvgIpc) is 2.90. The van der Waals surface area contributed by atoms with Crippen molar-refractivity contribution in [3.8, 4) is 5.75 Å². The fourth-order valence-corrected chi connectivity index (χ4v) is 3.98. The highest BCUT2D eigenvalue weighted by Gasteiger charge is 2.32. The molecule has 0 spiro atoms. The first-order valence-electron chi connectivity index (χ1n) is 12.4. The molecular weight excluding hydrogens is 508 g/mol. The van der Waals surface area contributed by atoms with Crippen LogP contribution in [-0.4, -0.2) is 63.8 Å². The van der Waals surface area contributed by atoms with Gasteiger partial charge in [0.15, 0.2) is 0 Å². The minimum atomic E-state index is -1.21. The van der Waals surface area contributed by atoms with Gasteiger partial charge in [0.05, 0.1) is 6.04 Å². The zero-order chi connectivity index (χ0) is 28.2. The van der Waals surface area contributed by atoms with Gasteiger partial charge in [-0.05, 0) is 35.6 Å². The summed E-state index contributed by atoms with van der Waals surface area (Å²) in [5.41, 5.74) is 7.53. The quantitative estimate of drug-likeness (QED) is 0.174. The number of carboxylic acids is 1. The molecule has 0 saturated carbocycles. The van der Waals surface area contributed by atoms with Gasteiger partial charge in [-0.2, -0.15) is 12.6 Å². The van der Waals surface area contributed by atoms with Gasteiger partial charge in [0.25, 0.3) is 0 Å². The number of nitrogens with two attached hydrogens (primary N) is 1. The van der Waals surface area contributed by atoms with E-state index in [0.717, 1.165) is 11.1 Å². The molecule has 10 nitrogen and oxygen atoms in total. The Labute approximate surface area is 227 Å². The fraction of sp³-hybridized carbons (Fsp3) is 0.407. The number of hydrogen-bond donors (Lipinski definition) is 7. The SMILES string of the molecule is CCC(C)C(NC(=O)C(N)Cc1ccc(O)cc1)C(=O)NC(CS)C(=O)NC(Cc1ccccc1)C(=O)O. The van der Waals surface area contributed by atoms with Crippen LogP contribution in [0.3, 0.4) is 0 Å². The van der Waals surface area contributed by atoms with Crippen LogP contribution in [0.5, 0.6) is 5.75 Å². The van der Waals surface area contributed by atoms with E-state index < -0.39 is 47.9 Å². The van der Waals surface area contributed by atoms with Gasteiger partial charge < -0.3 is 31.9 Å². The number of hydrogen-bond acceptors (Lipinski definition) is 7. The summed E-state index contributed by atoms with van der Waals surface area (Å²) in [5.74, 6) is -3.33. The Morgan fingerprint density at radius 3 is 1.97 bits per heavy atom. The minimum Gasteiger partial charge on any atom is -0.508 e. The van der Waals surface area contributed by atoms with Gasteiger partial charge >= 0.3 is 5.97 Å². The number of nitrogens with one attached hydrogen (secondary N) is 3. The summed E-state index contributed by atoms with van der Waals surface area (Å²) in [7, 11) is 0. The molecule has 5 unspecified atom stereocenters. The summed E-state index contributed by atoms with van der Waals surface area (Å²) < 4.78 is 0. The minimum absolute atomic E-state index is 0.0691. The number of carbonyl (C=O) groups is 4. The van der Waals surface area contributed by atoms with E-state index in [-0.39, 0.29) is 30.3 Å². The second-order valence-corrected chi connectivity index (χ2v) is 9.55. The van der Waals surface area contributed by atoms with Gasteiger partial charge in [-0.15, -0.1) is 0 Å². The summed E-state index contributed by atoms with van der Waals surface area (Å²) in [4.78, 5) is 50.6. The molecule has 2 aromatic carbocycles. The molecule has 206 valence electrons. The topological polar surface area (TPSA) is 171 Å². The molecule has 0 saturated heterocycles. The number of carbonyl (C=O) groups excluding carboxylic acids is 3. The van der Waals surface area contributed by atoms with Crippen molar-refractivity contribution in [1.82, 2.24) is 16.0 Å². The number of phenols is 1. The van der Waals surface area contributed by atoms with Gasteiger partial charge in [-0.3, -0.25) is 14.4 Å². The van der Waals surface area contributed by atoms with Crippen molar-refractivity contribution in [2.45, 2.75) is 57.3 Å². The molecule has 2 aromatic rings. The molecule has 2 rings (SSSR count). The molecule has 5 atom stereocenters. The van der Waals surface area contributed by atoms with Crippen molar-refractivity contribution in [3.05, 3.63) is 65.7 Å². The van der Waals surface area contributed by atoms with E-state index in [1.807, 2.05) is 6.92 Å². The normalized spacial score (nSPS) is 14.8. The van der Waals surface area contributed by atoms with E-state index in [1.54, 1.807) is 49.4 Å². The third-order valence-electron chi connectivity index (χ3n) is 6.23. The van der Waals surface area contributed by atoms with Crippen molar-refractivity contribution < 1.29 is 29.4 Å². The largest absolute Gasteiger partial charge is 0.508 e. The van der Waals surface area contributed by atoms with Gasteiger partial charge in [-0.1, -0.05) is 62.7 Å². The molecule has 0 aromatic heterocycles. The predicted octanol–water partition coefficient (Wildman–Crippen LogP) is 1.02. The first kappa shape index (κ1) is 30.7. The summed E-state index contributed by atoms with van der Waals surface area (Å²) in [6.45, 7) is 3.64. The standard InChI is InChI=1S/C27H36N4O6S/c1-3-16(2)23(31-24(33)20(28)13-18-9-11-19(32)12-10-18)26(35)30-22(15-38)25(34)29-21(27(36)37)14-17-7-5-4-6-8-17/h4-12,16,20-23,32,38H,3,13-15,28H2,1-2H3,(H,29,34)(H,30,35)(H,31,33)(H,36,37). The lowest BCUT2D eigenvalue weighted by Crippen LogP contribution is -2.59. The van der Waals surface area contributed by atoms with Crippen LogP contribution in [-0.2, 0) is 32.0 Å². The van der Waals surface area contributed by atoms with Crippen molar-refractivity contribution in [1.29, 1.82) is 0 Å². The Morgan fingerprint density at radius 1 is 0.842 bits per heavy atom. The van der Waals surface area contributed by atoms with Crippen LogP contribution in [0.25, 0.3) is 0 Å². The maximum atomic E-state index is 13.2. The summed E-state index contributed by atoms with van der Waals surface area (Å²) in [5, 5.41) is 26.7. The smallest absolute Gasteiger partial charge is 0.326 e. The lowest BCUT2D eigenvalue weighted by Gasteiger charge is -2.27. The molecule has 3 amide bonds. The Hall–Kier alpha value is -3.57. The number of phenolic OH excluding ortho intramolecular Hbond substituents is 1. The molecule has 7 N–H and O–H groups in total. The molecule has 0 bridgehead atoms. The number of aromatic hydroxyl groups is 1. The highest BCUT2D eigenvalue weighted by atomic mass is 32.1. The Bertz CT molecular complexity index is 1080. The van der Waals surface area contributed by atoms with Crippen LogP contribution in [0.4, 0.5) is 0 Å². The van der Waals surface area contributed by atoms with Crippen molar-refractivity contribution in [3.63, 3.8) is 0 Å². The van der Waals surface area contributed by atoms with E-state index in [0.29, 0.717) is 6.42 Å². The molecule has 0 aliphatic carbocycles. The zero-order valence-corrected chi connectivity index (χ0v) is 22.4. The van der Waals surface area contributed by atoms with Crippen LogP contribution < -0.4 is 21.7 Å². The summed E-state index contributed by atoms with van der Waals surface area (Å²) in [6, 6.07) is 10.9. The number of rotatable bonds is 14. The van der Waals surface area contributed by atoms with E-state index >= 15 is 0 Å². The van der Waals surface area contributed by atoms with Gasteiger partial charge in [-0.25, -0.2) is 4.79 Å². The lowest BCUT2D eigenvalue weighted by molar-refractivity contribution is -0.142.